The van der Waals surface area contributed by atoms with Gasteiger partial charge in [-0.05, 0) is 66.9 Å². The summed E-state index contributed by atoms with van der Waals surface area (Å²) in [6.45, 7) is 28.0. The number of rotatable bonds is 3. The fourth-order valence-corrected chi connectivity index (χ4v) is 6.61. The van der Waals surface area contributed by atoms with Gasteiger partial charge in [0, 0.05) is 45.9 Å². The molecule has 43 heavy (non-hydrogen) atoms. The van der Waals surface area contributed by atoms with Crippen LogP contribution in [-0.2, 0) is 22.2 Å². The molecule has 2 aromatic heterocycles. The van der Waals surface area contributed by atoms with Crippen molar-refractivity contribution in [3.8, 4) is 0 Å². The second-order valence-corrected chi connectivity index (χ2v) is 15.6. The maximum Gasteiger partial charge on any atom is 0.133 e. The average molecular weight is 614 g/mol. The van der Waals surface area contributed by atoms with E-state index >= 15 is 0 Å². The molecule has 0 bridgehead atoms. The predicted octanol–water partition coefficient (Wildman–Crippen LogP) is 10.2. The fourth-order valence-electron chi connectivity index (χ4n) is 6.61. The molecule has 244 valence electrons. The Bertz CT molecular complexity index is 1150. The molecule has 5 nitrogen and oxygen atoms in total. The zero-order valence-corrected chi connectivity index (χ0v) is 30.8. The molecule has 6 heteroatoms. The van der Waals surface area contributed by atoms with Gasteiger partial charge in [-0.1, -0.05) is 96.4 Å². The zero-order chi connectivity index (χ0) is 32.8. The summed E-state index contributed by atoms with van der Waals surface area (Å²) in [4.78, 5) is 14.7. The van der Waals surface area contributed by atoms with Crippen molar-refractivity contribution in [3.05, 3.63) is 51.9 Å². The van der Waals surface area contributed by atoms with Gasteiger partial charge in [0.25, 0.3) is 0 Å². The third-order valence-electron chi connectivity index (χ3n) is 8.58. The first-order valence-electron chi connectivity index (χ1n) is 16.9. The highest BCUT2D eigenvalue weighted by Gasteiger charge is 2.55. The first-order chi connectivity index (χ1) is 20.2. The fraction of sp³-hybridized carbons (Fsp3) is 0.757. The molecule has 4 atom stereocenters. The molecule has 1 spiro atoms. The molecule has 3 aliphatic rings. The van der Waals surface area contributed by atoms with Crippen LogP contribution in [0.2, 0.25) is 0 Å². The molecule has 0 amide bonds. The number of aromatic nitrogens is 3. The minimum absolute atomic E-state index is 0.0336. The van der Waals surface area contributed by atoms with Crippen LogP contribution in [0.4, 0.5) is 0 Å². The third kappa shape index (κ3) is 8.21. The Hall–Kier alpha value is -1.50. The SMILES string of the molecule is CC.CC(C)c1nc2c(c3c1[C@@H](c1cnc(C(C)(C)C)nc1)OC31CCCC1C)[C@@H](O)CC(C)(C)C2.CCC.CCSC. The molecular weight excluding hydrogens is 550 g/mol. The van der Waals surface area contributed by atoms with E-state index in [-0.39, 0.29) is 28.5 Å². The van der Waals surface area contributed by atoms with Crippen molar-refractivity contribution >= 4 is 11.8 Å². The van der Waals surface area contributed by atoms with Crippen LogP contribution in [0.25, 0.3) is 0 Å². The quantitative estimate of drug-likeness (QED) is 0.371. The van der Waals surface area contributed by atoms with Crippen molar-refractivity contribution in [1.82, 2.24) is 15.0 Å². The maximum absolute atomic E-state index is 11.5. The number of ether oxygens (including phenoxy) is 1. The molecule has 1 saturated carbocycles. The molecule has 1 fully saturated rings. The van der Waals surface area contributed by atoms with Crippen LogP contribution in [0.1, 0.15) is 180 Å². The Kier molecular flexibility index (Phi) is 13.7. The van der Waals surface area contributed by atoms with Crippen molar-refractivity contribution in [2.24, 2.45) is 11.3 Å². The summed E-state index contributed by atoms with van der Waals surface area (Å²) in [5, 5.41) is 11.5. The van der Waals surface area contributed by atoms with Crippen LogP contribution < -0.4 is 0 Å². The minimum atomic E-state index is -0.507. The first kappa shape index (κ1) is 37.7. The maximum atomic E-state index is 11.5. The lowest BCUT2D eigenvalue weighted by molar-refractivity contribution is -0.0844. The summed E-state index contributed by atoms with van der Waals surface area (Å²) in [5.41, 5.74) is 6.21. The summed E-state index contributed by atoms with van der Waals surface area (Å²) in [6, 6.07) is 0. The second-order valence-electron chi connectivity index (χ2n) is 14.4. The molecular formula is C37H63N3O2S. The lowest BCUT2D eigenvalue weighted by Crippen LogP contribution is -2.34. The van der Waals surface area contributed by atoms with Crippen LogP contribution in [-0.4, -0.2) is 32.1 Å². The highest BCUT2D eigenvalue weighted by molar-refractivity contribution is 7.98. The van der Waals surface area contributed by atoms with E-state index in [1.807, 2.05) is 38.0 Å². The molecule has 2 aliphatic carbocycles. The smallest absolute Gasteiger partial charge is 0.133 e. The largest absolute Gasteiger partial charge is 0.388 e. The summed E-state index contributed by atoms with van der Waals surface area (Å²) in [7, 11) is 0. The van der Waals surface area contributed by atoms with Crippen molar-refractivity contribution in [3.63, 3.8) is 0 Å². The molecule has 5 rings (SSSR count). The van der Waals surface area contributed by atoms with Crippen molar-refractivity contribution in [1.29, 1.82) is 0 Å². The number of pyridine rings is 1. The van der Waals surface area contributed by atoms with E-state index in [2.05, 4.69) is 82.4 Å². The Morgan fingerprint density at radius 1 is 1.07 bits per heavy atom. The summed E-state index contributed by atoms with van der Waals surface area (Å²) >= 11 is 1.86. The van der Waals surface area contributed by atoms with Crippen LogP contribution in [0.15, 0.2) is 12.4 Å². The Morgan fingerprint density at radius 2 is 1.63 bits per heavy atom. The van der Waals surface area contributed by atoms with Gasteiger partial charge >= 0.3 is 0 Å². The van der Waals surface area contributed by atoms with E-state index in [1.165, 1.54) is 23.3 Å². The lowest BCUT2D eigenvalue weighted by Gasteiger charge is -2.39. The van der Waals surface area contributed by atoms with Gasteiger partial charge in [0.2, 0.25) is 0 Å². The number of aliphatic hydroxyl groups excluding tert-OH is 1. The molecule has 2 unspecified atom stereocenters. The summed E-state index contributed by atoms with van der Waals surface area (Å²) in [6.07, 6.45) is 11.4. The van der Waals surface area contributed by atoms with Gasteiger partial charge in [0.1, 0.15) is 11.9 Å². The molecule has 0 radical (unpaired) electrons. The lowest BCUT2D eigenvalue weighted by atomic mass is 9.69. The molecule has 1 N–H and O–H groups in total. The van der Waals surface area contributed by atoms with Gasteiger partial charge < -0.3 is 9.84 Å². The van der Waals surface area contributed by atoms with Gasteiger partial charge in [-0.15, -0.1) is 0 Å². The number of fused-ring (bicyclic) bond motifs is 4. The van der Waals surface area contributed by atoms with Crippen molar-refractivity contribution < 1.29 is 9.84 Å². The highest BCUT2D eigenvalue weighted by atomic mass is 32.2. The third-order valence-corrected chi connectivity index (χ3v) is 9.16. The van der Waals surface area contributed by atoms with E-state index in [0.29, 0.717) is 5.92 Å². The number of nitrogens with zero attached hydrogens (tertiary/aromatic N) is 3. The van der Waals surface area contributed by atoms with E-state index < -0.39 is 6.10 Å². The van der Waals surface area contributed by atoms with Crippen LogP contribution >= 0.6 is 11.8 Å². The van der Waals surface area contributed by atoms with Gasteiger partial charge in [0.15, 0.2) is 0 Å². The predicted molar refractivity (Wildman–Crippen MR) is 185 cm³/mol. The monoisotopic (exact) mass is 613 g/mol. The van der Waals surface area contributed by atoms with Gasteiger partial charge in [-0.3, -0.25) is 4.98 Å². The number of thioether (sulfide) groups is 1. The van der Waals surface area contributed by atoms with E-state index in [1.54, 1.807) is 0 Å². The molecule has 0 aromatic carbocycles. The van der Waals surface area contributed by atoms with Crippen LogP contribution in [0.5, 0.6) is 0 Å². The standard InChI is InChI=1S/C29H41N3O2.C3H8S.C3H8.C2H6/c1-16(2)24-22-23(21-19(32-24)12-28(7,8)13-20(21)33)29(11-9-10-17(29)3)34-25(22)18-14-30-26(31-15-18)27(4,5)6;1-3-4-2;1-3-2;1-2/h14-17,20,25,33H,9-13H2,1-8H3;3H2,1-2H3;3H2,1-2H3;1-2H3/t17?,20-,25+,29?;;;/m0.../s1. The average Bonchev–Trinajstić information content (AvgIpc) is 3.48. The van der Waals surface area contributed by atoms with E-state index in [0.717, 1.165) is 60.4 Å². The minimum Gasteiger partial charge on any atom is -0.388 e. The molecule has 1 aliphatic heterocycles. The first-order valence-corrected chi connectivity index (χ1v) is 18.3. The number of aliphatic hydroxyl groups is 1. The van der Waals surface area contributed by atoms with Gasteiger partial charge in [-0.2, -0.15) is 11.8 Å². The van der Waals surface area contributed by atoms with Gasteiger partial charge in [-0.25, -0.2) is 9.97 Å². The normalized spacial score (nSPS) is 25.1. The summed E-state index contributed by atoms with van der Waals surface area (Å²) < 4.78 is 7.13. The highest BCUT2D eigenvalue weighted by Crippen LogP contribution is 2.61. The summed E-state index contributed by atoms with van der Waals surface area (Å²) in [5.74, 6) is 2.72. The molecule has 2 aromatic rings. The Morgan fingerprint density at radius 3 is 2.07 bits per heavy atom. The van der Waals surface area contributed by atoms with Crippen molar-refractivity contribution in [2.45, 2.75) is 158 Å². The van der Waals surface area contributed by atoms with E-state index in [4.69, 9.17) is 19.7 Å². The van der Waals surface area contributed by atoms with Crippen molar-refractivity contribution in [2.75, 3.05) is 12.0 Å². The molecule has 0 saturated heterocycles. The second kappa shape index (κ2) is 15.7. The Balaban J connectivity index is 0.000000641. The van der Waals surface area contributed by atoms with Crippen LogP contribution in [0.3, 0.4) is 0 Å². The topological polar surface area (TPSA) is 68.1 Å². The number of hydrogen-bond acceptors (Lipinski definition) is 6. The van der Waals surface area contributed by atoms with Crippen LogP contribution in [0, 0.1) is 11.3 Å². The van der Waals surface area contributed by atoms with Gasteiger partial charge in [0.05, 0.1) is 11.7 Å². The Labute approximate surface area is 268 Å². The molecule has 3 heterocycles. The number of hydrogen-bond donors (Lipinski definition) is 1. The zero-order valence-electron chi connectivity index (χ0n) is 30.0. The van der Waals surface area contributed by atoms with E-state index in [9.17, 15) is 5.11 Å².